The molecule has 2 unspecified atom stereocenters. The molecule has 0 aromatic heterocycles. The molecule has 25 heavy (non-hydrogen) atoms. The van der Waals surface area contributed by atoms with E-state index < -0.39 is 49.5 Å². The van der Waals surface area contributed by atoms with Gasteiger partial charge in [0.15, 0.2) is 0 Å². The van der Waals surface area contributed by atoms with Gasteiger partial charge in [-0.1, -0.05) is 0 Å². The molecule has 0 bridgehead atoms. The third-order valence-electron chi connectivity index (χ3n) is 2.62. The van der Waals surface area contributed by atoms with Crippen molar-refractivity contribution < 1.29 is 49.3 Å². The molecule has 0 aliphatic rings. The summed E-state index contributed by atoms with van der Waals surface area (Å²) >= 11 is 0. The van der Waals surface area contributed by atoms with E-state index in [0.29, 0.717) is 0 Å². The molecule has 0 aliphatic heterocycles. The van der Waals surface area contributed by atoms with Gasteiger partial charge in [0.2, 0.25) is 0 Å². The molecule has 0 aliphatic carbocycles. The zero-order valence-electron chi connectivity index (χ0n) is 14.5. The van der Waals surface area contributed by atoms with Crippen molar-refractivity contribution in [3.05, 3.63) is 0 Å². The van der Waals surface area contributed by atoms with Crippen molar-refractivity contribution in [3.63, 3.8) is 0 Å². The molecule has 7 N–H and O–H groups in total. The van der Waals surface area contributed by atoms with Crippen molar-refractivity contribution in [2.45, 2.75) is 31.6 Å². The highest BCUT2D eigenvalue weighted by Crippen LogP contribution is 1.98. The lowest BCUT2D eigenvalue weighted by Gasteiger charge is -2.20. The SMILES string of the molecule is CC(=O)OC(CO)COCC(CO)OC(C)=O.NC(CO)(CO)CO. The molecule has 0 amide bonds. The molecule has 0 saturated carbocycles. The molecule has 2 atom stereocenters. The molecule has 0 aromatic carbocycles. The molecule has 11 heteroatoms. The highest BCUT2D eigenvalue weighted by atomic mass is 16.6. The van der Waals surface area contributed by atoms with Gasteiger partial charge in [-0.3, -0.25) is 9.59 Å². The van der Waals surface area contributed by atoms with E-state index >= 15 is 0 Å². The lowest BCUT2D eigenvalue weighted by molar-refractivity contribution is -0.157. The van der Waals surface area contributed by atoms with E-state index in [1.165, 1.54) is 13.8 Å². The van der Waals surface area contributed by atoms with Crippen LogP contribution in [0, 0.1) is 0 Å². The Hall–Kier alpha value is -1.34. The molecule has 0 heterocycles. The van der Waals surface area contributed by atoms with Gasteiger partial charge in [0.05, 0.1) is 51.8 Å². The third kappa shape index (κ3) is 14.7. The average molecular weight is 371 g/mol. The van der Waals surface area contributed by atoms with E-state index in [1.54, 1.807) is 0 Å². The van der Waals surface area contributed by atoms with E-state index in [-0.39, 0.29) is 26.4 Å². The normalized spacial score (nSPS) is 13.3. The van der Waals surface area contributed by atoms with Crippen molar-refractivity contribution in [2.75, 3.05) is 46.2 Å². The van der Waals surface area contributed by atoms with Crippen molar-refractivity contribution in [2.24, 2.45) is 5.73 Å². The van der Waals surface area contributed by atoms with E-state index in [2.05, 4.69) is 0 Å². The molecule has 150 valence electrons. The predicted octanol–water partition coefficient (Wildman–Crippen LogP) is -3.49. The fraction of sp³-hybridized carbons (Fsp3) is 0.857. The standard InChI is InChI=1S/C10H18O7.C4H11NO3/c1-7(13)16-9(3-11)5-15-6-10(4-12)17-8(2)14;5-4(1-6,2-7)3-8/h9-12H,3-6H2,1-2H3;6-8H,1-3,5H2. The Kier molecular flexibility index (Phi) is 15.5. The largest absolute Gasteiger partial charge is 0.458 e. The van der Waals surface area contributed by atoms with E-state index in [0.717, 1.165) is 0 Å². The number of rotatable bonds is 11. The molecule has 11 nitrogen and oxygen atoms in total. The fourth-order valence-corrected chi connectivity index (χ4v) is 1.20. The van der Waals surface area contributed by atoms with Crippen LogP contribution in [0.2, 0.25) is 0 Å². The van der Waals surface area contributed by atoms with Crippen molar-refractivity contribution in [3.8, 4) is 0 Å². The van der Waals surface area contributed by atoms with Crippen LogP contribution in [0.15, 0.2) is 0 Å². The second-order valence-corrected chi connectivity index (χ2v) is 5.20. The topological polar surface area (TPSA) is 189 Å². The number of nitrogens with two attached hydrogens (primary N) is 1. The van der Waals surface area contributed by atoms with Gasteiger partial charge in [0.25, 0.3) is 0 Å². The summed E-state index contributed by atoms with van der Waals surface area (Å²) in [6.45, 7) is 0.436. The number of carbonyl (C=O) groups is 2. The van der Waals surface area contributed by atoms with Crippen LogP contribution in [0.1, 0.15) is 13.8 Å². The second-order valence-electron chi connectivity index (χ2n) is 5.20. The molecule has 0 aromatic rings. The van der Waals surface area contributed by atoms with E-state index in [1.807, 2.05) is 0 Å². The maximum atomic E-state index is 10.6. The Morgan fingerprint density at radius 2 is 1.16 bits per heavy atom. The van der Waals surface area contributed by atoms with Gasteiger partial charge in [0.1, 0.15) is 12.2 Å². The number of aliphatic hydroxyl groups excluding tert-OH is 5. The lowest BCUT2D eigenvalue weighted by atomic mass is 10.1. The summed E-state index contributed by atoms with van der Waals surface area (Å²) in [7, 11) is 0. The van der Waals surface area contributed by atoms with Crippen molar-refractivity contribution in [1.29, 1.82) is 0 Å². The first-order valence-electron chi connectivity index (χ1n) is 7.43. The number of hydrogen-bond acceptors (Lipinski definition) is 11. The van der Waals surface area contributed by atoms with Crippen LogP contribution < -0.4 is 5.73 Å². The van der Waals surface area contributed by atoms with Crippen LogP contribution in [-0.4, -0.2) is 101 Å². The van der Waals surface area contributed by atoms with Gasteiger partial charge >= 0.3 is 11.9 Å². The number of aliphatic hydroxyl groups is 5. The monoisotopic (exact) mass is 371 g/mol. The fourth-order valence-electron chi connectivity index (χ4n) is 1.20. The van der Waals surface area contributed by atoms with Crippen LogP contribution in [0.5, 0.6) is 0 Å². The first-order valence-corrected chi connectivity index (χ1v) is 7.43. The molecule has 0 saturated heterocycles. The summed E-state index contributed by atoms with van der Waals surface area (Å²) < 4.78 is 14.5. The zero-order chi connectivity index (χ0) is 19.9. The van der Waals surface area contributed by atoms with E-state index in [4.69, 9.17) is 45.5 Å². The van der Waals surface area contributed by atoms with Crippen LogP contribution in [0.3, 0.4) is 0 Å². The Labute approximate surface area is 145 Å². The van der Waals surface area contributed by atoms with Crippen LogP contribution >= 0.6 is 0 Å². The summed E-state index contributed by atoms with van der Waals surface area (Å²) in [6, 6.07) is 0. The molecule has 0 spiro atoms. The summed E-state index contributed by atoms with van der Waals surface area (Å²) in [5.74, 6) is -1.04. The van der Waals surface area contributed by atoms with Crippen molar-refractivity contribution in [1.82, 2.24) is 0 Å². The summed E-state index contributed by atoms with van der Waals surface area (Å²) in [5.41, 5.74) is 3.94. The first kappa shape index (κ1) is 25.9. The summed E-state index contributed by atoms with van der Waals surface area (Å²) in [6.07, 6.45) is -1.52. The number of hydrogen-bond donors (Lipinski definition) is 6. The Bertz CT molecular complexity index is 329. The molecular formula is C14H29NO10. The number of carbonyl (C=O) groups excluding carboxylic acids is 2. The Balaban J connectivity index is 0. The van der Waals surface area contributed by atoms with E-state index in [9.17, 15) is 9.59 Å². The van der Waals surface area contributed by atoms with Crippen LogP contribution in [-0.2, 0) is 23.8 Å². The van der Waals surface area contributed by atoms with Crippen LogP contribution in [0.4, 0.5) is 0 Å². The van der Waals surface area contributed by atoms with Gasteiger partial charge in [-0.25, -0.2) is 0 Å². The highest BCUT2D eigenvalue weighted by molar-refractivity contribution is 5.66. The predicted molar refractivity (Wildman–Crippen MR) is 84.3 cm³/mol. The molecule has 0 fully saturated rings. The smallest absolute Gasteiger partial charge is 0.303 e. The number of esters is 2. The van der Waals surface area contributed by atoms with Gasteiger partial charge in [-0.2, -0.15) is 0 Å². The lowest BCUT2D eigenvalue weighted by Crippen LogP contribution is -2.50. The Morgan fingerprint density at radius 1 is 0.840 bits per heavy atom. The maximum Gasteiger partial charge on any atom is 0.303 e. The third-order valence-corrected chi connectivity index (χ3v) is 2.62. The zero-order valence-corrected chi connectivity index (χ0v) is 14.5. The van der Waals surface area contributed by atoms with Gasteiger partial charge < -0.3 is 45.5 Å². The minimum atomic E-state index is -1.21. The van der Waals surface area contributed by atoms with Crippen LogP contribution in [0.25, 0.3) is 0 Å². The highest BCUT2D eigenvalue weighted by Gasteiger charge is 2.20. The minimum Gasteiger partial charge on any atom is -0.458 e. The minimum absolute atomic E-state index is 0.0339. The Morgan fingerprint density at radius 3 is 1.32 bits per heavy atom. The van der Waals surface area contributed by atoms with Gasteiger partial charge in [-0.15, -0.1) is 0 Å². The van der Waals surface area contributed by atoms with Crippen molar-refractivity contribution >= 4 is 11.9 Å². The second kappa shape index (κ2) is 15.0. The molecular weight excluding hydrogens is 342 g/mol. The first-order chi connectivity index (χ1) is 11.7. The molecule has 0 radical (unpaired) electrons. The maximum absolute atomic E-state index is 10.6. The summed E-state index contributed by atoms with van der Waals surface area (Å²) in [5, 5.41) is 42.7. The van der Waals surface area contributed by atoms with Gasteiger partial charge in [-0.05, 0) is 0 Å². The van der Waals surface area contributed by atoms with Gasteiger partial charge in [0, 0.05) is 13.8 Å². The quantitative estimate of drug-likeness (QED) is 0.198. The number of ether oxygens (including phenoxy) is 3. The molecule has 0 rings (SSSR count). The average Bonchev–Trinajstić information content (AvgIpc) is 2.59. The summed E-state index contributed by atoms with van der Waals surface area (Å²) in [4.78, 5) is 21.2.